The van der Waals surface area contributed by atoms with E-state index in [1.165, 1.54) is 23.5 Å². The summed E-state index contributed by atoms with van der Waals surface area (Å²) in [6.07, 6.45) is 2.84. The standard InChI is InChI=1S/C19H23FN4O2S/c1-2-16-13-22-19(27-16)18(26)21-8-7-17(25)24-11-9-23(10-12-24)15-5-3-14(20)4-6-15/h3-6,13H,2,7-12H2,1H3,(H,21,26). The summed E-state index contributed by atoms with van der Waals surface area (Å²) in [6.45, 7) is 4.98. The van der Waals surface area contributed by atoms with Gasteiger partial charge in [0, 0.05) is 55.9 Å². The Hall–Kier alpha value is -2.48. The number of thiazole rings is 1. The fraction of sp³-hybridized carbons (Fsp3) is 0.421. The highest BCUT2D eigenvalue weighted by Gasteiger charge is 2.21. The van der Waals surface area contributed by atoms with Crippen molar-refractivity contribution in [2.24, 2.45) is 0 Å². The molecule has 0 saturated carbocycles. The number of hydrogen-bond donors (Lipinski definition) is 1. The van der Waals surface area contributed by atoms with Crippen LogP contribution in [0.25, 0.3) is 0 Å². The number of halogens is 1. The van der Waals surface area contributed by atoms with E-state index >= 15 is 0 Å². The van der Waals surface area contributed by atoms with Crippen LogP contribution in [0.3, 0.4) is 0 Å². The van der Waals surface area contributed by atoms with Crippen molar-refractivity contribution in [1.82, 2.24) is 15.2 Å². The monoisotopic (exact) mass is 390 g/mol. The van der Waals surface area contributed by atoms with Crippen LogP contribution in [0.15, 0.2) is 30.5 Å². The molecule has 3 rings (SSSR count). The predicted molar refractivity (Wildman–Crippen MR) is 104 cm³/mol. The molecule has 0 atom stereocenters. The number of carbonyl (C=O) groups excluding carboxylic acids is 2. The lowest BCUT2D eigenvalue weighted by Crippen LogP contribution is -2.49. The number of nitrogens with one attached hydrogen (secondary N) is 1. The summed E-state index contributed by atoms with van der Waals surface area (Å²) in [6, 6.07) is 6.40. The summed E-state index contributed by atoms with van der Waals surface area (Å²) in [4.78, 5) is 33.5. The Balaban J connectivity index is 1.40. The number of amides is 2. The number of hydrogen-bond acceptors (Lipinski definition) is 5. The lowest BCUT2D eigenvalue weighted by atomic mass is 10.2. The fourth-order valence-corrected chi connectivity index (χ4v) is 3.73. The minimum absolute atomic E-state index is 0.0300. The van der Waals surface area contributed by atoms with Gasteiger partial charge in [0.1, 0.15) is 5.82 Å². The van der Waals surface area contributed by atoms with E-state index in [0.717, 1.165) is 17.0 Å². The van der Waals surface area contributed by atoms with E-state index in [1.54, 1.807) is 18.3 Å². The Morgan fingerprint density at radius 2 is 1.89 bits per heavy atom. The molecule has 1 fully saturated rings. The van der Waals surface area contributed by atoms with Gasteiger partial charge in [-0.05, 0) is 30.7 Å². The highest BCUT2D eigenvalue weighted by atomic mass is 32.1. The molecule has 0 radical (unpaired) electrons. The van der Waals surface area contributed by atoms with E-state index in [9.17, 15) is 14.0 Å². The molecule has 0 spiro atoms. The molecule has 1 aliphatic rings. The van der Waals surface area contributed by atoms with Gasteiger partial charge in [0.15, 0.2) is 5.01 Å². The minimum Gasteiger partial charge on any atom is -0.368 e. The molecule has 0 bridgehead atoms. The van der Waals surface area contributed by atoms with Crippen molar-refractivity contribution >= 4 is 28.8 Å². The van der Waals surface area contributed by atoms with Crippen molar-refractivity contribution in [3.8, 4) is 0 Å². The summed E-state index contributed by atoms with van der Waals surface area (Å²) in [5, 5.41) is 3.20. The van der Waals surface area contributed by atoms with Gasteiger partial charge in [-0.15, -0.1) is 11.3 Å². The van der Waals surface area contributed by atoms with Gasteiger partial charge in [0.2, 0.25) is 5.91 Å². The van der Waals surface area contributed by atoms with Crippen LogP contribution in [-0.4, -0.2) is 54.4 Å². The Morgan fingerprint density at radius 1 is 1.19 bits per heavy atom. The highest BCUT2D eigenvalue weighted by Crippen LogP contribution is 2.17. The van der Waals surface area contributed by atoms with E-state index in [0.29, 0.717) is 37.7 Å². The maximum Gasteiger partial charge on any atom is 0.280 e. The fourth-order valence-electron chi connectivity index (χ4n) is 2.96. The molecule has 144 valence electrons. The molecule has 6 nitrogen and oxygen atoms in total. The number of anilines is 1. The number of carbonyl (C=O) groups is 2. The molecule has 1 aromatic heterocycles. The van der Waals surface area contributed by atoms with Crippen LogP contribution in [0, 0.1) is 5.82 Å². The average molecular weight is 390 g/mol. The van der Waals surface area contributed by atoms with Crippen LogP contribution < -0.4 is 10.2 Å². The third-order valence-electron chi connectivity index (χ3n) is 4.54. The SMILES string of the molecule is CCc1cnc(C(=O)NCCC(=O)N2CCN(c3ccc(F)cc3)CC2)s1. The number of benzene rings is 1. The van der Waals surface area contributed by atoms with Crippen LogP contribution in [0.1, 0.15) is 28.0 Å². The second-order valence-electron chi connectivity index (χ2n) is 6.34. The van der Waals surface area contributed by atoms with Gasteiger partial charge in [-0.3, -0.25) is 9.59 Å². The van der Waals surface area contributed by atoms with Crippen LogP contribution in [0.5, 0.6) is 0 Å². The summed E-state index contributed by atoms with van der Waals surface area (Å²) in [5.74, 6) is -0.450. The zero-order valence-corrected chi connectivity index (χ0v) is 16.1. The molecule has 1 N–H and O–H groups in total. The van der Waals surface area contributed by atoms with Crippen molar-refractivity contribution in [2.45, 2.75) is 19.8 Å². The molecule has 27 heavy (non-hydrogen) atoms. The van der Waals surface area contributed by atoms with Crippen molar-refractivity contribution < 1.29 is 14.0 Å². The lowest BCUT2D eigenvalue weighted by Gasteiger charge is -2.36. The van der Waals surface area contributed by atoms with E-state index in [1.807, 2.05) is 11.8 Å². The van der Waals surface area contributed by atoms with Gasteiger partial charge in [-0.1, -0.05) is 6.92 Å². The van der Waals surface area contributed by atoms with Crippen molar-refractivity contribution in [2.75, 3.05) is 37.6 Å². The maximum atomic E-state index is 13.0. The molecule has 8 heteroatoms. The second-order valence-corrected chi connectivity index (χ2v) is 7.45. The second kappa shape index (κ2) is 8.94. The normalized spacial score (nSPS) is 14.3. The molecule has 0 aliphatic carbocycles. The third-order valence-corrected chi connectivity index (χ3v) is 5.69. The lowest BCUT2D eigenvalue weighted by molar-refractivity contribution is -0.131. The highest BCUT2D eigenvalue weighted by molar-refractivity contribution is 7.13. The van der Waals surface area contributed by atoms with E-state index in [2.05, 4.69) is 15.2 Å². The number of nitrogens with zero attached hydrogens (tertiary/aromatic N) is 3. The molecule has 1 aromatic carbocycles. The van der Waals surface area contributed by atoms with Gasteiger partial charge in [-0.25, -0.2) is 9.37 Å². The average Bonchev–Trinajstić information content (AvgIpc) is 3.18. The number of piperazine rings is 1. The first-order valence-electron chi connectivity index (χ1n) is 9.08. The van der Waals surface area contributed by atoms with Gasteiger partial charge < -0.3 is 15.1 Å². The van der Waals surface area contributed by atoms with Crippen molar-refractivity contribution in [3.63, 3.8) is 0 Å². The molecule has 2 heterocycles. The van der Waals surface area contributed by atoms with E-state index in [-0.39, 0.29) is 24.1 Å². The predicted octanol–water partition coefficient (Wildman–Crippen LogP) is 2.31. The van der Waals surface area contributed by atoms with E-state index in [4.69, 9.17) is 0 Å². The largest absolute Gasteiger partial charge is 0.368 e. The Kier molecular flexibility index (Phi) is 6.39. The molecular formula is C19H23FN4O2S. The summed E-state index contributed by atoms with van der Waals surface area (Å²) in [7, 11) is 0. The topological polar surface area (TPSA) is 65.5 Å². The molecule has 0 unspecified atom stereocenters. The molecule has 1 aliphatic heterocycles. The van der Waals surface area contributed by atoms with E-state index < -0.39 is 0 Å². The van der Waals surface area contributed by atoms with Crippen molar-refractivity contribution in [3.05, 3.63) is 46.2 Å². The first kappa shape index (κ1) is 19.3. The summed E-state index contributed by atoms with van der Waals surface area (Å²) >= 11 is 1.38. The molecular weight excluding hydrogens is 367 g/mol. The number of aryl methyl sites for hydroxylation is 1. The van der Waals surface area contributed by atoms with Crippen LogP contribution in [0.2, 0.25) is 0 Å². The molecule has 2 aromatic rings. The Bertz CT molecular complexity index is 785. The summed E-state index contributed by atoms with van der Waals surface area (Å²) in [5.41, 5.74) is 0.964. The third kappa shape index (κ3) is 5.03. The van der Waals surface area contributed by atoms with Crippen molar-refractivity contribution in [1.29, 1.82) is 0 Å². The van der Waals surface area contributed by atoms with Gasteiger partial charge in [0.25, 0.3) is 5.91 Å². The quantitative estimate of drug-likeness (QED) is 0.822. The summed E-state index contributed by atoms with van der Waals surface area (Å²) < 4.78 is 13.0. The first-order chi connectivity index (χ1) is 13.1. The smallest absolute Gasteiger partial charge is 0.280 e. The molecule has 1 saturated heterocycles. The van der Waals surface area contributed by atoms with Crippen LogP contribution in [0.4, 0.5) is 10.1 Å². The Morgan fingerprint density at radius 3 is 2.52 bits per heavy atom. The Labute approximate surface area is 162 Å². The molecule has 2 amide bonds. The number of rotatable bonds is 6. The van der Waals surface area contributed by atoms with Crippen LogP contribution in [-0.2, 0) is 11.2 Å². The van der Waals surface area contributed by atoms with Crippen LogP contribution >= 0.6 is 11.3 Å². The zero-order valence-electron chi connectivity index (χ0n) is 15.3. The first-order valence-corrected chi connectivity index (χ1v) is 9.89. The maximum absolute atomic E-state index is 13.0. The van der Waals surface area contributed by atoms with Gasteiger partial charge >= 0.3 is 0 Å². The minimum atomic E-state index is -0.252. The number of aromatic nitrogens is 1. The van der Waals surface area contributed by atoms with Gasteiger partial charge in [0.05, 0.1) is 0 Å². The zero-order chi connectivity index (χ0) is 19.2. The van der Waals surface area contributed by atoms with Gasteiger partial charge in [-0.2, -0.15) is 0 Å².